The van der Waals surface area contributed by atoms with Gasteiger partial charge in [0.25, 0.3) is 5.91 Å². The van der Waals surface area contributed by atoms with Crippen molar-refractivity contribution in [2.45, 2.75) is 25.9 Å². The van der Waals surface area contributed by atoms with Crippen molar-refractivity contribution in [1.29, 1.82) is 0 Å². The van der Waals surface area contributed by atoms with Crippen LogP contribution in [0, 0.1) is 5.41 Å². The molecule has 3 aromatic rings. The van der Waals surface area contributed by atoms with Gasteiger partial charge in [0.1, 0.15) is 0 Å². The maximum absolute atomic E-state index is 14.1. The monoisotopic (exact) mass is 528 g/mol. The molecule has 4 N–H and O–H groups in total. The molecule has 0 aromatic heterocycles. The quantitative estimate of drug-likeness (QED) is 0.296. The van der Waals surface area contributed by atoms with E-state index >= 15 is 0 Å². The van der Waals surface area contributed by atoms with Crippen LogP contribution in [0.15, 0.2) is 84.9 Å². The second-order valence-corrected chi connectivity index (χ2v) is 9.21. The van der Waals surface area contributed by atoms with Gasteiger partial charge in [-0.05, 0) is 28.8 Å². The van der Waals surface area contributed by atoms with Gasteiger partial charge in [0, 0.05) is 26.1 Å². The smallest absolute Gasteiger partial charge is 0.335 e. The number of anilines is 1. The summed E-state index contributed by atoms with van der Waals surface area (Å²) in [4.78, 5) is 65.0. The fourth-order valence-corrected chi connectivity index (χ4v) is 4.65. The van der Waals surface area contributed by atoms with E-state index in [1.807, 2.05) is 60.7 Å². The molecule has 2 unspecified atom stereocenters. The largest absolute Gasteiger partial charge is 0.481 e. The van der Waals surface area contributed by atoms with Crippen LogP contribution in [0.4, 0.5) is 10.5 Å². The molecule has 39 heavy (non-hydrogen) atoms. The number of carboxylic acids is 1. The zero-order chi connectivity index (χ0) is 28.0. The lowest BCUT2D eigenvalue weighted by molar-refractivity contribution is -0.154. The van der Waals surface area contributed by atoms with Crippen molar-refractivity contribution in [3.05, 3.63) is 90.5 Å². The Labute approximate surface area is 225 Å². The molecular formula is C29H28N4O6. The van der Waals surface area contributed by atoms with E-state index in [1.54, 1.807) is 24.3 Å². The molecule has 0 aliphatic carbocycles. The SMILES string of the molecule is CC(=O)NCC(NCc1ccccc1)C1(CC(=O)O)C(=O)NC(=O)N(c2ccc(-c3ccccc3)cc2)C1=O. The van der Waals surface area contributed by atoms with Gasteiger partial charge in [-0.2, -0.15) is 0 Å². The van der Waals surface area contributed by atoms with Gasteiger partial charge in [0.05, 0.1) is 12.1 Å². The van der Waals surface area contributed by atoms with E-state index in [2.05, 4.69) is 16.0 Å². The first kappa shape index (κ1) is 27.2. The molecule has 0 radical (unpaired) electrons. The minimum Gasteiger partial charge on any atom is -0.481 e. The highest BCUT2D eigenvalue weighted by Gasteiger charge is 2.60. The number of nitrogens with zero attached hydrogens (tertiary/aromatic N) is 1. The molecule has 1 aliphatic rings. The zero-order valence-electron chi connectivity index (χ0n) is 21.2. The van der Waals surface area contributed by atoms with Gasteiger partial charge in [-0.1, -0.05) is 72.8 Å². The van der Waals surface area contributed by atoms with Crippen molar-refractivity contribution >= 4 is 35.4 Å². The first-order valence-corrected chi connectivity index (χ1v) is 12.3. The van der Waals surface area contributed by atoms with Gasteiger partial charge in [0.2, 0.25) is 11.8 Å². The number of urea groups is 1. The minimum absolute atomic E-state index is 0.167. The van der Waals surface area contributed by atoms with Gasteiger partial charge in [0.15, 0.2) is 5.41 Å². The number of rotatable bonds is 10. The molecule has 10 nitrogen and oxygen atoms in total. The van der Waals surface area contributed by atoms with Gasteiger partial charge >= 0.3 is 12.0 Å². The van der Waals surface area contributed by atoms with Gasteiger partial charge < -0.3 is 15.7 Å². The van der Waals surface area contributed by atoms with Crippen LogP contribution in [0.3, 0.4) is 0 Å². The molecule has 0 saturated carbocycles. The van der Waals surface area contributed by atoms with E-state index in [1.165, 1.54) is 6.92 Å². The van der Waals surface area contributed by atoms with Gasteiger partial charge in [-0.15, -0.1) is 0 Å². The van der Waals surface area contributed by atoms with Crippen LogP contribution in [-0.4, -0.2) is 47.4 Å². The Morgan fingerprint density at radius 1 is 0.897 bits per heavy atom. The Morgan fingerprint density at radius 2 is 1.49 bits per heavy atom. The number of hydrogen-bond donors (Lipinski definition) is 4. The lowest BCUT2D eigenvalue weighted by Gasteiger charge is -2.43. The summed E-state index contributed by atoms with van der Waals surface area (Å²) in [6, 6.07) is 23.0. The first-order chi connectivity index (χ1) is 18.7. The molecule has 0 bridgehead atoms. The molecule has 4 rings (SSSR count). The fraction of sp³-hybridized carbons (Fsp3) is 0.207. The van der Waals surface area contributed by atoms with E-state index in [0.717, 1.165) is 21.6 Å². The van der Waals surface area contributed by atoms with Crippen LogP contribution in [0.2, 0.25) is 0 Å². The predicted octanol–water partition coefficient (Wildman–Crippen LogP) is 2.69. The predicted molar refractivity (Wildman–Crippen MR) is 143 cm³/mol. The molecule has 5 amide bonds. The van der Waals surface area contributed by atoms with Crippen molar-refractivity contribution in [3.63, 3.8) is 0 Å². The number of nitrogens with one attached hydrogen (secondary N) is 3. The molecular weight excluding hydrogens is 500 g/mol. The van der Waals surface area contributed by atoms with Crippen LogP contribution in [0.1, 0.15) is 18.9 Å². The Kier molecular flexibility index (Phi) is 8.16. The Hall–Kier alpha value is -4.83. The normalized spacial score (nSPS) is 17.9. The summed E-state index contributed by atoms with van der Waals surface area (Å²) in [5.74, 6) is -3.89. The van der Waals surface area contributed by atoms with Crippen LogP contribution in [0.5, 0.6) is 0 Å². The topological polar surface area (TPSA) is 145 Å². The van der Waals surface area contributed by atoms with E-state index < -0.39 is 47.6 Å². The molecule has 1 heterocycles. The second kappa shape index (κ2) is 11.7. The number of benzene rings is 3. The lowest BCUT2D eigenvalue weighted by Crippen LogP contribution is -2.71. The Bertz CT molecular complexity index is 1380. The maximum Gasteiger partial charge on any atom is 0.335 e. The third kappa shape index (κ3) is 5.86. The van der Waals surface area contributed by atoms with Crippen LogP contribution in [0.25, 0.3) is 11.1 Å². The summed E-state index contributed by atoms with van der Waals surface area (Å²) in [5.41, 5.74) is 0.499. The highest BCUT2D eigenvalue weighted by atomic mass is 16.4. The van der Waals surface area contributed by atoms with Crippen LogP contribution >= 0.6 is 0 Å². The molecule has 1 saturated heterocycles. The van der Waals surface area contributed by atoms with Gasteiger partial charge in [-0.3, -0.25) is 24.5 Å². The number of aliphatic carboxylic acids is 1. The highest BCUT2D eigenvalue weighted by Crippen LogP contribution is 2.36. The standard InChI is InChI=1S/C29H28N4O6/c1-19(34)30-18-24(31-17-20-8-4-2-5-9-20)29(16-25(35)36)26(37)32-28(39)33(27(29)38)23-14-12-22(13-15-23)21-10-6-3-7-11-21/h2-15,24,31H,16-18H2,1H3,(H,30,34)(H,35,36)(H,32,37,39). The Balaban J connectivity index is 1.73. The summed E-state index contributed by atoms with van der Waals surface area (Å²) in [7, 11) is 0. The average molecular weight is 529 g/mol. The lowest BCUT2D eigenvalue weighted by atomic mass is 9.73. The third-order valence-corrected chi connectivity index (χ3v) is 6.62. The fourth-order valence-electron chi connectivity index (χ4n) is 4.65. The maximum atomic E-state index is 14.1. The molecule has 1 aliphatic heterocycles. The number of barbiturate groups is 1. The van der Waals surface area contributed by atoms with E-state index in [9.17, 15) is 29.1 Å². The summed E-state index contributed by atoms with van der Waals surface area (Å²) in [6.07, 6.45) is -0.907. The van der Waals surface area contributed by atoms with E-state index in [-0.39, 0.29) is 18.8 Å². The number of imide groups is 2. The second-order valence-electron chi connectivity index (χ2n) is 9.21. The Morgan fingerprint density at radius 3 is 2.08 bits per heavy atom. The van der Waals surface area contributed by atoms with Crippen molar-refractivity contribution in [3.8, 4) is 11.1 Å². The summed E-state index contributed by atoms with van der Waals surface area (Å²) >= 11 is 0. The number of amides is 5. The summed E-state index contributed by atoms with van der Waals surface area (Å²) < 4.78 is 0. The minimum atomic E-state index is -2.24. The summed E-state index contributed by atoms with van der Waals surface area (Å²) in [6.45, 7) is 1.21. The van der Waals surface area contributed by atoms with Crippen molar-refractivity contribution in [1.82, 2.24) is 16.0 Å². The number of carbonyl (C=O) groups excluding carboxylic acids is 4. The van der Waals surface area contributed by atoms with Crippen molar-refractivity contribution in [2.24, 2.45) is 5.41 Å². The van der Waals surface area contributed by atoms with Gasteiger partial charge in [-0.25, -0.2) is 9.69 Å². The van der Waals surface area contributed by atoms with Crippen LogP contribution in [-0.2, 0) is 25.7 Å². The molecule has 200 valence electrons. The number of hydrogen-bond acceptors (Lipinski definition) is 6. The van der Waals surface area contributed by atoms with Crippen LogP contribution < -0.4 is 20.9 Å². The highest BCUT2D eigenvalue weighted by molar-refractivity contribution is 6.31. The first-order valence-electron chi connectivity index (χ1n) is 12.3. The number of carbonyl (C=O) groups is 5. The average Bonchev–Trinajstić information content (AvgIpc) is 2.92. The molecule has 1 fully saturated rings. The summed E-state index contributed by atoms with van der Waals surface area (Å²) in [5, 5.41) is 17.7. The molecule has 3 aromatic carbocycles. The van der Waals surface area contributed by atoms with E-state index in [0.29, 0.717) is 0 Å². The zero-order valence-corrected chi connectivity index (χ0v) is 21.2. The molecule has 2 atom stereocenters. The van der Waals surface area contributed by atoms with Crippen molar-refractivity contribution in [2.75, 3.05) is 11.4 Å². The van der Waals surface area contributed by atoms with E-state index in [4.69, 9.17) is 0 Å². The van der Waals surface area contributed by atoms with Crippen molar-refractivity contribution < 1.29 is 29.1 Å². The third-order valence-electron chi connectivity index (χ3n) is 6.62. The molecule has 10 heteroatoms. The molecule has 0 spiro atoms. The number of carboxylic acid groups (broad SMARTS) is 1.